The summed E-state index contributed by atoms with van der Waals surface area (Å²) in [4.78, 5) is 6.09. The Morgan fingerprint density at radius 2 is 2.07 bits per heavy atom. The van der Waals surface area contributed by atoms with Crippen molar-refractivity contribution in [2.75, 3.05) is 31.6 Å². The largest absolute Gasteiger partial charge is 0.496 e. The van der Waals surface area contributed by atoms with Gasteiger partial charge in [0.15, 0.2) is 0 Å². The highest BCUT2D eigenvalue weighted by atomic mass is 19.3. The Morgan fingerprint density at radius 1 is 1.26 bits per heavy atom. The van der Waals surface area contributed by atoms with E-state index in [-0.39, 0.29) is 5.69 Å². The summed E-state index contributed by atoms with van der Waals surface area (Å²) in [6.45, 7) is 7.30. The zero-order valence-electron chi connectivity index (χ0n) is 16.1. The molecule has 0 spiro atoms. The predicted molar refractivity (Wildman–Crippen MR) is 105 cm³/mol. The van der Waals surface area contributed by atoms with Gasteiger partial charge < -0.3 is 15.0 Å². The minimum absolute atomic E-state index is 0.225. The van der Waals surface area contributed by atoms with Crippen LogP contribution in [0.4, 0.5) is 14.5 Å². The molecule has 0 radical (unpaired) electrons. The van der Waals surface area contributed by atoms with E-state index < -0.39 is 6.43 Å². The first-order valence-electron chi connectivity index (χ1n) is 9.38. The molecule has 146 valence electrons. The zero-order chi connectivity index (χ0) is 19.4. The molecule has 1 saturated heterocycles. The lowest BCUT2D eigenvalue weighted by Crippen LogP contribution is -2.51. The van der Waals surface area contributed by atoms with Crippen LogP contribution in [0.25, 0.3) is 11.1 Å². The number of benzene rings is 1. The Kier molecular flexibility index (Phi) is 6.26. The molecule has 1 aromatic carbocycles. The lowest BCUT2D eigenvalue weighted by atomic mass is 10.0. The number of rotatable bonds is 6. The molecule has 2 aromatic rings. The fraction of sp³-hybridized carbons (Fsp3) is 0.476. The van der Waals surface area contributed by atoms with Gasteiger partial charge in [-0.05, 0) is 42.2 Å². The summed E-state index contributed by atoms with van der Waals surface area (Å²) in [5.74, 6) is 1.33. The van der Waals surface area contributed by atoms with Gasteiger partial charge in [-0.3, -0.25) is 4.98 Å². The molecular weight excluding hydrogens is 348 g/mol. The maximum Gasteiger partial charge on any atom is 0.280 e. The van der Waals surface area contributed by atoms with Gasteiger partial charge in [0, 0.05) is 49.2 Å². The average molecular weight is 375 g/mol. The number of ether oxygens (including phenoxy) is 1. The number of nitrogens with zero attached hydrogens (tertiary/aromatic N) is 2. The van der Waals surface area contributed by atoms with Crippen LogP contribution in [0.15, 0.2) is 36.5 Å². The van der Waals surface area contributed by atoms with Crippen molar-refractivity contribution in [2.24, 2.45) is 5.92 Å². The van der Waals surface area contributed by atoms with Crippen LogP contribution in [-0.4, -0.2) is 37.8 Å². The molecule has 1 N–H and O–H groups in total. The normalized spacial score (nSPS) is 17.6. The van der Waals surface area contributed by atoms with Gasteiger partial charge in [-0.15, -0.1) is 0 Å². The molecule has 27 heavy (non-hydrogen) atoms. The Bertz CT molecular complexity index is 767. The number of anilines is 1. The summed E-state index contributed by atoms with van der Waals surface area (Å²) in [7, 11) is 1.61. The van der Waals surface area contributed by atoms with Crippen LogP contribution in [0.3, 0.4) is 0 Å². The van der Waals surface area contributed by atoms with Crippen LogP contribution in [-0.2, 0) is 0 Å². The van der Waals surface area contributed by atoms with Gasteiger partial charge in [-0.2, -0.15) is 0 Å². The fourth-order valence-electron chi connectivity index (χ4n) is 3.64. The molecule has 6 heteroatoms. The Balaban J connectivity index is 1.85. The molecule has 4 nitrogen and oxygen atoms in total. The van der Waals surface area contributed by atoms with Crippen LogP contribution >= 0.6 is 0 Å². The monoisotopic (exact) mass is 375 g/mol. The summed E-state index contributed by atoms with van der Waals surface area (Å²) in [5.41, 5.74) is 2.34. The quantitative estimate of drug-likeness (QED) is 0.806. The van der Waals surface area contributed by atoms with E-state index in [0.29, 0.717) is 23.3 Å². The average Bonchev–Trinajstić information content (AvgIpc) is 2.67. The van der Waals surface area contributed by atoms with Crippen molar-refractivity contribution in [3.8, 4) is 16.9 Å². The molecule has 1 aliphatic rings. The van der Waals surface area contributed by atoms with Crippen LogP contribution in [0.2, 0.25) is 0 Å². The topological polar surface area (TPSA) is 37.4 Å². The Hall–Kier alpha value is -2.21. The zero-order valence-corrected chi connectivity index (χ0v) is 16.1. The van der Waals surface area contributed by atoms with Crippen molar-refractivity contribution in [3.05, 3.63) is 42.2 Å². The van der Waals surface area contributed by atoms with Gasteiger partial charge >= 0.3 is 0 Å². The second kappa shape index (κ2) is 8.65. The summed E-state index contributed by atoms with van der Waals surface area (Å²) >= 11 is 0. The molecule has 3 rings (SSSR count). The van der Waals surface area contributed by atoms with E-state index in [1.165, 1.54) is 12.3 Å². The summed E-state index contributed by atoms with van der Waals surface area (Å²) in [6.07, 6.45) is -0.0372. The van der Waals surface area contributed by atoms with Crippen LogP contribution in [0, 0.1) is 5.92 Å². The highest BCUT2D eigenvalue weighted by molar-refractivity contribution is 5.74. The van der Waals surface area contributed by atoms with Crippen molar-refractivity contribution in [2.45, 2.75) is 32.7 Å². The molecule has 1 aromatic heterocycles. The number of methoxy groups -OCH3 is 1. The molecule has 1 atom stereocenters. The van der Waals surface area contributed by atoms with Gasteiger partial charge in [0.05, 0.1) is 7.11 Å². The van der Waals surface area contributed by atoms with E-state index in [1.807, 2.05) is 18.2 Å². The first-order valence-corrected chi connectivity index (χ1v) is 9.38. The number of hydrogen-bond donors (Lipinski definition) is 1. The standard InChI is InChI=1S/C21H27F2N3O/c1-14(2)10-16-13-26(9-8-24-16)17-4-5-18(20(12-17)27-3)15-6-7-25-19(11-15)21(22)23/h4-7,11-12,14,16,21,24H,8-10,13H2,1-3H3. The van der Waals surface area contributed by atoms with Gasteiger partial charge in [0.25, 0.3) is 6.43 Å². The first kappa shape index (κ1) is 19.5. The lowest BCUT2D eigenvalue weighted by Gasteiger charge is -2.36. The summed E-state index contributed by atoms with van der Waals surface area (Å²) in [5, 5.41) is 3.58. The lowest BCUT2D eigenvalue weighted by molar-refractivity contribution is 0.146. The van der Waals surface area contributed by atoms with Gasteiger partial charge in [-0.25, -0.2) is 8.78 Å². The van der Waals surface area contributed by atoms with Crippen LogP contribution in [0.5, 0.6) is 5.75 Å². The van der Waals surface area contributed by atoms with Crippen LogP contribution < -0.4 is 15.0 Å². The van der Waals surface area contributed by atoms with Crippen molar-refractivity contribution in [1.82, 2.24) is 10.3 Å². The number of halogens is 2. The fourth-order valence-corrected chi connectivity index (χ4v) is 3.64. The smallest absolute Gasteiger partial charge is 0.280 e. The molecule has 0 saturated carbocycles. The highest BCUT2D eigenvalue weighted by Crippen LogP contribution is 2.35. The SMILES string of the molecule is COc1cc(N2CCNC(CC(C)C)C2)ccc1-c1ccnc(C(F)F)c1. The summed E-state index contributed by atoms with van der Waals surface area (Å²) in [6, 6.07) is 9.60. The van der Waals surface area contributed by atoms with Crippen molar-refractivity contribution < 1.29 is 13.5 Å². The van der Waals surface area contributed by atoms with E-state index in [0.717, 1.165) is 37.3 Å². The third kappa shape index (κ3) is 4.75. The third-order valence-electron chi connectivity index (χ3n) is 4.88. The number of pyridine rings is 1. The Morgan fingerprint density at radius 3 is 2.78 bits per heavy atom. The van der Waals surface area contributed by atoms with Crippen molar-refractivity contribution >= 4 is 5.69 Å². The molecule has 0 aliphatic carbocycles. The van der Waals surface area contributed by atoms with E-state index >= 15 is 0 Å². The number of piperazine rings is 1. The number of hydrogen-bond acceptors (Lipinski definition) is 4. The third-order valence-corrected chi connectivity index (χ3v) is 4.88. The number of alkyl halides is 2. The predicted octanol–water partition coefficient (Wildman–Crippen LogP) is 4.52. The molecule has 1 unspecified atom stereocenters. The van der Waals surface area contributed by atoms with Crippen molar-refractivity contribution in [3.63, 3.8) is 0 Å². The molecule has 0 amide bonds. The molecule has 0 bridgehead atoms. The maximum absolute atomic E-state index is 13.0. The molecule has 2 heterocycles. The second-order valence-electron chi connectivity index (χ2n) is 7.38. The van der Waals surface area contributed by atoms with Crippen LogP contribution in [0.1, 0.15) is 32.4 Å². The van der Waals surface area contributed by atoms with Crippen molar-refractivity contribution in [1.29, 1.82) is 0 Å². The Labute approximate surface area is 159 Å². The molecule has 1 fully saturated rings. The van der Waals surface area contributed by atoms with Gasteiger partial charge in [0.2, 0.25) is 0 Å². The van der Waals surface area contributed by atoms with E-state index in [1.54, 1.807) is 13.2 Å². The highest BCUT2D eigenvalue weighted by Gasteiger charge is 2.21. The number of nitrogens with one attached hydrogen (secondary N) is 1. The van der Waals surface area contributed by atoms with E-state index in [4.69, 9.17) is 4.74 Å². The van der Waals surface area contributed by atoms with Gasteiger partial charge in [0.1, 0.15) is 11.4 Å². The van der Waals surface area contributed by atoms with Gasteiger partial charge in [-0.1, -0.05) is 13.8 Å². The minimum atomic E-state index is -2.59. The van der Waals surface area contributed by atoms with E-state index in [9.17, 15) is 8.78 Å². The first-order chi connectivity index (χ1) is 13.0. The molecule has 1 aliphatic heterocycles. The maximum atomic E-state index is 13.0. The minimum Gasteiger partial charge on any atom is -0.496 e. The summed E-state index contributed by atoms with van der Waals surface area (Å²) < 4.78 is 31.5. The number of aromatic nitrogens is 1. The second-order valence-corrected chi connectivity index (χ2v) is 7.38. The van der Waals surface area contributed by atoms with E-state index in [2.05, 4.69) is 29.0 Å². The molecular formula is C21H27F2N3O.